The molecule has 0 saturated carbocycles. The summed E-state index contributed by atoms with van der Waals surface area (Å²) in [5.74, 6) is 0.482. The second kappa shape index (κ2) is 8.77. The first-order valence-corrected chi connectivity index (χ1v) is 14.7. The molecular formula is C32H29N3O2S. The molecule has 190 valence electrons. The number of allylic oxidation sites excluding steroid dienone is 2. The molecule has 2 aliphatic rings. The van der Waals surface area contributed by atoms with Crippen LogP contribution in [0.25, 0.3) is 21.8 Å². The van der Waals surface area contributed by atoms with Crippen molar-refractivity contribution >= 4 is 43.2 Å². The lowest BCUT2D eigenvalue weighted by atomic mass is 9.77. The van der Waals surface area contributed by atoms with Crippen molar-refractivity contribution in [3.63, 3.8) is 0 Å². The first kappa shape index (κ1) is 23.1. The van der Waals surface area contributed by atoms with E-state index in [9.17, 15) is 8.42 Å². The van der Waals surface area contributed by atoms with Crippen LogP contribution in [-0.2, 0) is 16.6 Å². The smallest absolute Gasteiger partial charge is 0.261 e. The van der Waals surface area contributed by atoms with Gasteiger partial charge in [-0.15, -0.1) is 0 Å². The molecule has 2 heterocycles. The number of para-hydroxylation sites is 2. The minimum absolute atomic E-state index is 0.139. The first-order valence-electron chi connectivity index (χ1n) is 13.2. The van der Waals surface area contributed by atoms with E-state index >= 15 is 0 Å². The van der Waals surface area contributed by atoms with E-state index in [4.69, 9.17) is 0 Å². The number of anilines is 2. The normalized spacial score (nSPS) is 20.3. The molecule has 3 unspecified atom stereocenters. The average molecular weight is 520 g/mol. The number of nitrogens with one attached hydrogen (secondary N) is 2. The fourth-order valence-corrected chi connectivity index (χ4v) is 7.49. The third-order valence-electron chi connectivity index (χ3n) is 8.14. The molecule has 7 rings (SSSR count). The maximum absolute atomic E-state index is 13.2. The van der Waals surface area contributed by atoms with Crippen molar-refractivity contribution in [2.75, 3.05) is 10.0 Å². The Kier molecular flexibility index (Phi) is 5.34. The molecule has 0 bridgehead atoms. The molecule has 3 atom stereocenters. The van der Waals surface area contributed by atoms with E-state index in [0.717, 1.165) is 24.2 Å². The summed E-state index contributed by atoms with van der Waals surface area (Å²) in [5.41, 5.74) is 6.39. The maximum atomic E-state index is 13.2. The van der Waals surface area contributed by atoms with E-state index in [1.165, 1.54) is 27.4 Å². The van der Waals surface area contributed by atoms with E-state index < -0.39 is 10.0 Å². The third kappa shape index (κ3) is 3.63. The number of nitrogens with zero attached hydrogens (tertiary/aromatic N) is 1. The standard InChI is InChI=1S/C32H29N3O2S/c1-2-35-30-14-7-6-11-25(30)28-19-21(15-18-31(28)35)32-26-13-8-12-24(26)27-20-23(16-17-29(27)33-32)38(36,37)34-22-9-4-3-5-10-22/h3-12,14-20,24,26,32-34H,2,13H2,1H3. The molecule has 5 aromatic rings. The van der Waals surface area contributed by atoms with Gasteiger partial charge in [0.05, 0.1) is 10.9 Å². The van der Waals surface area contributed by atoms with E-state index in [2.05, 4.69) is 76.1 Å². The summed E-state index contributed by atoms with van der Waals surface area (Å²) in [6, 6.07) is 30.1. The van der Waals surface area contributed by atoms with E-state index in [-0.39, 0.29) is 16.9 Å². The summed E-state index contributed by atoms with van der Waals surface area (Å²) in [5, 5.41) is 6.35. The molecule has 1 aliphatic heterocycles. The van der Waals surface area contributed by atoms with Gasteiger partial charge >= 0.3 is 0 Å². The molecule has 1 aromatic heterocycles. The zero-order valence-corrected chi connectivity index (χ0v) is 21.9. The van der Waals surface area contributed by atoms with Gasteiger partial charge in [-0.05, 0) is 78.9 Å². The lowest BCUT2D eigenvalue weighted by Crippen LogP contribution is -2.29. The van der Waals surface area contributed by atoms with Gasteiger partial charge in [-0.2, -0.15) is 0 Å². The highest BCUT2D eigenvalue weighted by Crippen LogP contribution is 2.50. The van der Waals surface area contributed by atoms with Gasteiger partial charge in [0.15, 0.2) is 0 Å². The van der Waals surface area contributed by atoms with E-state index in [0.29, 0.717) is 11.6 Å². The summed E-state index contributed by atoms with van der Waals surface area (Å²) in [4.78, 5) is 0.285. The number of hydrogen-bond acceptors (Lipinski definition) is 3. The molecule has 2 N–H and O–H groups in total. The zero-order valence-electron chi connectivity index (χ0n) is 21.1. The highest BCUT2D eigenvalue weighted by Gasteiger charge is 2.38. The van der Waals surface area contributed by atoms with Crippen LogP contribution in [0.2, 0.25) is 0 Å². The average Bonchev–Trinajstić information content (AvgIpc) is 3.56. The molecule has 0 saturated heterocycles. The van der Waals surface area contributed by atoms with Gasteiger partial charge in [0.2, 0.25) is 0 Å². The monoisotopic (exact) mass is 519 g/mol. The summed E-state index contributed by atoms with van der Waals surface area (Å²) in [6.07, 6.45) is 5.44. The fraction of sp³-hybridized carbons (Fsp3) is 0.188. The molecule has 4 aromatic carbocycles. The van der Waals surface area contributed by atoms with E-state index in [1.54, 1.807) is 18.2 Å². The molecule has 0 radical (unpaired) electrons. The summed E-state index contributed by atoms with van der Waals surface area (Å²) in [7, 11) is -3.69. The van der Waals surface area contributed by atoms with Gasteiger partial charge in [-0.3, -0.25) is 4.72 Å². The van der Waals surface area contributed by atoms with Gasteiger partial charge in [0.25, 0.3) is 10.0 Å². The van der Waals surface area contributed by atoms with E-state index in [1.807, 2.05) is 30.3 Å². The number of benzene rings is 4. The van der Waals surface area contributed by atoms with Crippen LogP contribution in [0.15, 0.2) is 108 Å². The lowest BCUT2D eigenvalue weighted by Gasteiger charge is -2.37. The Morgan fingerprint density at radius 2 is 1.68 bits per heavy atom. The molecule has 38 heavy (non-hydrogen) atoms. The molecule has 5 nitrogen and oxygen atoms in total. The van der Waals surface area contributed by atoms with Crippen molar-refractivity contribution in [3.8, 4) is 0 Å². The Morgan fingerprint density at radius 3 is 2.53 bits per heavy atom. The Balaban J connectivity index is 1.27. The van der Waals surface area contributed by atoms with Crippen LogP contribution >= 0.6 is 0 Å². The number of sulfonamides is 1. The quantitative estimate of drug-likeness (QED) is 0.237. The Bertz CT molecular complexity index is 1820. The van der Waals surface area contributed by atoms with Crippen molar-refractivity contribution < 1.29 is 8.42 Å². The predicted octanol–water partition coefficient (Wildman–Crippen LogP) is 7.44. The maximum Gasteiger partial charge on any atom is 0.261 e. The van der Waals surface area contributed by atoms with Crippen molar-refractivity contribution in [1.29, 1.82) is 0 Å². The van der Waals surface area contributed by atoms with Gasteiger partial charge in [-0.25, -0.2) is 8.42 Å². The molecule has 0 fully saturated rings. The number of aryl methyl sites for hydroxylation is 1. The number of fused-ring (bicyclic) bond motifs is 6. The van der Waals surface area contributed by atoms with Crippen LogP contribution in [0.3, 0.4) is 0 Å². The van der Waals surface area contributed by atoms with Crippen LogP contribution in [0.4, 0.5) is 11.4 Å². The third-order valence-corrected chi connectivity index (χ3v) is 9.52. The molecular weight excluding hydrogens is 490 g/mol. The number of hydrogen-bond donors (Lipinski definition) is 2. The summed E-state index contributed by atoms with van der Waals surface area (Å²) in [6.45, 7) is 3.12. The topological polar surface area (TPSA) is 63.1 Å². The largest absolute Gasteiger partial charge is 0.378 e. The van der Waals surface area contributed by atoms with Crippen LogP contribution in [0, 0.1) is 5.92 Å². The Labute approximate surface area is 222 Å². The Hall–Kier alpha value is -4.03. The minimum Gasteiger partial charge on any atom is -0.378 e. The highest BCUT2D eigenvalue weighted by atomic mass is 32.2. The zero-order chi connectivity index (χ0) is 25.9. The fourth-order valence-electron chi connectivity index (χ4n) is 6.40. The van der Waals surface area contributed by atoms with Crippen molar-refractivity contribution in [2.45, 2.75) is 36.7 Å². The Morgan fingerprint density at radius 1 is 0.895 bits per heavy atom. The molecule has 6 heteroatoms. The second-order valence-electron chi connectivity index (χ2n) is 10.2. The van der Waals surface area contributed by atoms with Gasteiger partial charge < -0.3 is 9.88 Å². The van der Waals surface area contributed by atoms with Crippen LogP contribution in [-0.4, -0.2) is 13.0 Å². The van der Waals surface area contributed by atoms with Crippen LogP contribution in [0.5, 0.6) is 0 Å². The number of rotatable bonds is 5. The predicted molar refractivity (Wildman–Crippen MR) is 155 cm³/mol. The van der Waals surface area contributed by atoms with Crippen molar-refractivity contribution in [2.24, 2.45) is 5.92 Å². The van der Waals surface area contributed by atoms with Crippen LogP contribution in [0.1, 0.15) is 36.4 Å². The summed E-state index contributed by atoms with van der Waals surface area (Å²) < 4.78 is 31.4. The SMILES string of the molecule is CCn1c2ccccc2c2cc(C3Nc4ccc(S(=O)(=O)Nc5ccccc5)cc4C4C=CCC43)ccc21. The van der Waals surface area contributed by atoms with Crippen molar-refractivity contribution in [1.82, 2.24) is 4.57 Å². The molecule has 1 aliphatic carbocycles. The second-order valence-corrected chi connectivity index (χ2v) is 11.9. The molecule has 0 spiro atoms. The first-order chi connectivity index (χ1) is 18.5. The van der Waals surface area contributed by atoms with Gasteiger partial charge in [0.1, 0.15) is 0 Å². The lowest BCUT2D eigenvalue weighted by molar-refractivity contribution is 0.425. The van der Waals surface area contributed by atoms with Gasteiger partial charge in [-0.1, -0.05) is 54.6 Å². The highest BCUT2D eigenvalue weighted by molar-refractivity contribution is 7.92. The number of aromatic nitrogens is 1. The molecule has 0 amide bonds. The van der Waals surface area contributed by atoms with Gasteiger partial charge in [0, 0.05) is 45.6 Å². The summed E-state index contributed by atoms with van der Waals surface area (Å²) >= 11 is 0. The van der Waals surface area contributed by atoms with Crippen molar-refractivity contribution in [3.05, 3.63) is 114 Å². The van der Waals surface area contributed by atoms with Crippen LogP contribution < -0.4 is 10.0 Å². The minimum atomic E-state index is -3.69.